The SMILES string of the molecule is CCCNC(=O)[C@H](C)OC(=O)c1cc(OC)c(Br)c(OC)c1. The normalized spacial score (nSPS) is 11.5. The third-order valence-corrected chi connectivity index (χ3v) is 3.67. The second kappa shape index (κ2) is 8.63. The van der Waals surface area contributed by atoms with E-state index in [4.69, 9.17) is 14.2 Å². The number of rotatable bonds is 7. The minimum absolute atomic E-state index is 0.243. The molecule has 1 atom stereocenters. The summed E-state index contributed by atoms with van der Waals surface area (Å²) < 4.78 is 16.1. The van der Waals surface area contributed by atoms with E-state index in [1.54, 1.807) is 0 Å². The molecular weight excluding hydrogens is 354 g/mol. The van der Waals surface area contributed by atoms with Crippen molar-refractivity contribution in [2.75, 3.05) is 20.8 Å². The molecule has 1 aromatic carbocycles. The molecule has 22 heavy (non-hydrogen) atoms. The fourth-order valence-corrected chi connectivity index (χ4v) is 2.21. The second-order valence-corrected chi connectivity index (χ2v) is 5.33. The molecule has 0 radical (unpaired) electrons. The van der Waals surface area contributed by atoms with Crippen molar-refractivity contribution < 1.29 is 23.8 Å². The lowest BCUT2D eigenvalue weighted by Gasteiger charge is -2.15. The average molecular weight is 374 g/mol. The number of nitrogens with one attached hydrogen (secondary N) is 1. The number of carbonyl (C=O) groups is 2. The Bertz CT molecular complexity index is 522. The van der Waals surface area contributed by atoms with Crippen molar-refractivity contribution in [3.05, 3.63) is 22.2 Å². The second-order valence-electron chi connectivity index (χ2n) is 4.53. The van der Waals surface area contributed by atoms with E-state index < -0.39 is 12.1 Å². The third-order valence-electron chi connectivity index (χ3n) is 2.88. The summed E-state index contributed by atoms with van der Waals surface area (Å²) in [5.41, 5.74) is 0.243. The van der Waals surface area contributed by atoms with Gasteiger partial charge >= 0.3 is 5.97 Å². The largest absolute Gasteiger partial charge is 0.495 e. The van der Waals surface area contributed by atoms with Gasteiger partial charge in [-0.1, -0.05) is 6.92 Å². The number of halogens is 1. The van der Waals surface area contributed by atoms with Crippen LogP contribution in [-0.4, -0.2) is 38.7 Å². The van der Waals surface area contributed by atoms with Crippen molar-refractivity contribution in [1.29, 1.82) is 0 Å². The summed E-state index contributed by atoms with van der Waals surface area (Å²) in [4.78, 5) is 23.9. The van der Waals surface area contributed by atoms with Crippen LogP contribution in [0.15, 0.2) is 16.6 Å². The number of hydrogen-bond acceptors (Lipinski definition) is 5. The van der Waals surface area contributed by atoms with E-state index >= 15 is 0 Å². The number of esters is 1. The van der Waals surface area contributed by atoms with E-state index in [1.165, 1.54) is 33.3 Å². The molecule has 0 heterocycles. The molecule has 0 aromatic heterocycles. The molecule has 0 aliphatic heterocycles. The first-order chi connectivity index (χ1) is 10.4. The predicted molar refractivity (Wildman–Crippen MR) is 85.4 cm³/mol. The van der Waals surface area contributed by atoms with Gasteiger partial charge in [0.15, 0.2) is 6.10 Å². The molecule has 122 valence electrons. The Morgan fingerprint density at radius 1 is 1.23 bits per heavy atom. The highest BCUT2D eigenvalue weighted by molar-refractivity contribution is 9.10. The van der Waals surface area contributed by atoms with Gasteiger partial charge in [-0.05, 0) is 41.4 Å². The molecule has 1 rings (SSSR count). The molecule has 1 aromatic rings. The monoisotopic (exact) mass is 373 g/mol. The number of benzene rings is 1. The van der Waals surface area contributed by atoms with E-state index in [9.17, 15) is 9.59 Å². The zero-order chi connectivity index (χ0) is 16.7. The van der Waals surface area contributed by atoms with Crippen LogP contribution in [0.1, 0.15) is 30.6 Å². The van der Waals surface area contributed by atoms with E-state index in [2.05, 4.69) is 21.2 Å². The van der Waals surface area contributed by atoms with Crippen LogP contribution < -0.4 is 14.8 Å². The van der Waals surface area contributed by atoms with Crippen LogP contribution in [0.5, 0.6) is 11.5 Å². The first-order valence-electron chi connectivity index (χ1n) is 6.84. The number of carbonyl (C=O) groups excluding carboxylic acids is 2. The van der Waals surface area contributed by atoms with Crippen LogP contribution in [-0.2, 0) is 9.53 Å². The lowest BCUT2D eigenvalue weighted by molar-refractivity contribution is -0.129. The zero-order valence-corrected chi connectivity index (χ0v) is 14.7. The first kappa shape index (κ1) is 18.3. The van der Waals surface area contributed by atoms with Gasteiger partial charge in [-0.3, -0.25) is 4.79 Å². The third kappa shape index (κ3) is 4.62. The highest BCUT2D eigenvalue weighted by atomic mass is 79.9. The summed E-state index contributed by atoms with van der Waals surface area (Å²) in [7, 11) is 2.96. The Hall–Kier alpha value is -1.76. The molecule has 7 heteroatoms. The number of amides is 1. The van der Waals surface area contributed by atoms with Crippen LogP contribution in [0.3, 0.4) is 0 Å². The van der Waals surface area contributed by atoms with Crippen LogP contribution in [0.4, 0.5) is 0 Å². The van der Waals surface area contributed by atoms with Gasteiger partial charge < -0.3 is 19.5 Å². The van der Waals surface area contributed by atoms with Gasteiger partial charge in [0, 0.05) is 6.54 Å². The van der Waals surface area contributed by atoms with Crippen molar-refractivity contribution in [3.63, 3.8) is 0 Å². The predicted octanol–water partition coefficient (Wildman–Crippen LogP) is 2.54. The molecular formula is C15H20BrNO5. The lowest BCUT2D eigenvalue weighted by atomic mass is 10.2. The van der Waals surface area contributed by atoms with Gasteiger partial charge in [0.2, 0.25) is 0 Å². The maximum absolute atomic E-state index is 12.2. The van der Waals surface area contributed by atoms with Crippen molar-refractivity contribution in [3.8, 4) is 11.5 Å². The van der Waals surface area contributed by atoms with E-state index in [0.717, 1.165) is 6.42 Å². The van der Waals surface area contributed by atoms with Gasteiger partial charge in [0.25, 0.3) is 5.91 Å². The molecule has 0 aliphatic rings. The zero-order valence-electron chi connectivity index (χ0n) is 13.1. The van der Waals surface area contributed by atoms with E-state index in [1.807, 2.05) is 6.92 Å². The van der Waals surface area contributed by atoms with Gasteiger partial charge in [-0.2, -0.15) is 0 Å². The Morgan fingerprint density at radius 3 is 2.23 bits per heavy atom. The van der Waals surface area contributed by atoms with Crippen LogP contribution in [0.25, 0.3) is 0 Å². The summed E-state index contributed by atoms with van der Waals surface area (Å²) in [6, 6.07) is 3.04. The Morgan fingerprint density at radius 2 is 1.77 bits per heavy atom. The average Bonchev–Trinajstić information content (AvgIpc) is 2.52. The van der Waals surface area contributed by atoms with Crippen molar-refractivity contribution in [1.82, 2.24) is 5.32 Å². The molecule has 0 fully saturated rings. The summed E-state index contributed by atoms with van der Waals surface area (Å²) >= 11 is 3.32. The molecule has 0 saturated heterocycles. The molecule has 0 unspecified atom stereocenters. The minimum atomic E-state index is -0.875. The van der Waals surface area contributed by atoms with Gasteiger partial charge in [0.1, 0.15) is 16.0 Å². The maximum Gasteiger partial charge on any atom is 0.339 e. The van der Waals surface area contributed by atoms with Crippen molar-refractivity contribution in [2.45, 2.75) is 26.4 Å². The highest BCUT2D eigenvalue weighted by Gasteiger charge is 2.21. The lowest BCUT2D eigenvalue weighted by Crippen LogP contribution is -2.36. The van der Waals surface area contributed by atoms with Gasteiger partial charge in [0.05, 0.1) is 19.8 Å². The minimum Gasteiger partial charge on any atom is -0.495 e. The quantitative estimate of drug-likeness (QED) is 0.743. The Labute approximate surface area is 138 Å². The summed E-state index contributed by atoms with van der Waals surface area (Å²) in [6.07, 6.45) is -0.0623. The molecule has 1 N–H and O–H groups in total. The van der Waals surface area contributed by atoms with Gasteiger partial charge in [-0.15, -0.1) is 0 Å². The Kier molecular flexibility index (Phi) is 7.17. The molecule has 0 saturated carbocycles. The fraction of sp³-hybridized carbons (Fsp3) is 0.467. The topological polar surface area (TPSA) is 73.9 Å². The number of ether oxygens (including phenoxy) is 3. The molecule has 0 aliphatic carbocycles. The highest BCUT2D eigenvalue weighted by Crippen LogP contribution is 2.35. The number of methoxy groups -OCH3 is 2. The summed E-state index contributed by atoms with van der Waals surface area (Å²) in [5, 5.41) is 2.67. The fourth-order valence-electron chi connectivity index (χ4n) is 1.66. The number of hydrogen-bond donors (Lipinski definition) is 1. The van der Waals surface area contributed by atoms with Crippen LogP contribution in [0, 0.1) is 0 Å². The molecule has 1 amide bonds. The van der Waals surface area contributed by atoms with Crippen molar-refractivity contribution >= 4 is 27.8 Å². The summed E-state index contributed by atoms with van der Waals surface area (Å²) in [6.45, 7) is 4.01. The Balaban J connectivity index is 2.87. The summed E-state index contributed by atoms with van der Waals surface area (Å²) in [5.74, 6) is -0.0711. The molecule has 0 bridgehead atoms. The maximum atomic E-state index is 12.2. The first-order valence-corrected chi connectivity index (χ1v) is 7.64. The smallest absolute Gasteiger partial charge is 0.339 e. The van der Waals surface area contributed by atoms with Crippen LogP contribution >= 0.6 is 15.9 Å². The van der Waals surface area contributed by atoms with Crippen molar-refractivity contribution in [2.24, 2.45) is 0 Å². The van der Waals surface area contributed by atoms with Gasteiger partial charge in [-0.25, -0.2) is 4.79 Å². The molecule has 0 spiro atoms. The standard InChI is InChI=1S/C15H20BrNO5/c1-5-6-17-14(18)9(2)22-15(19)10-7-11(20-3)13(16)12(8-10)21-4/h7-9H,5-6H2,1-4H3,(H,17,18)/t9-/m0/s1. The molecule has 6 nitrogen and oxygen atoms in total. The van der Waals surface area contributed by atoms with E-state index in [0.29, 0.717) is 22.5 Å². The van der Waals surface area contributed by atoms with Crippen LogP contribution in [0.2, 0.25) is 0 Å². The van der Waals surface area contributed by atoms with E-state index in [-0.39, 0.29) is 11.5 Å².